The smallest absolute Gasteiger partial charge is 0.340 e. The van der Waals surface area contributed by atoms with Crippen molar-refractivity contribution >= 4 is 29.3 Å². The molecule has 3 rings (SSSR count). The topological polar surface area (TPSA) is 104 Å². The summed E-state index contributed by atoms with van der Waals surface area (Å²) in [5.41, 5.74) is 2.75. The molecule has 1 fully saturated rings. The van der Waals surface area contributed by atoms with E-state index >= 15 is 0 Å². The molecule has 3 N–H and O–H groups in total. The summed E-state index contributed by atoms with van der Waals surface area (Å²) in [6.45, 7) is 6.88. The Morgan fingerprint density at radius 2 is 1.69 bits per heavy atom. The molecule has 1 aromatic heterocycles. The van der Waals surface area contributed by atoms with Crippen LogP contribution < -0.4 is 10.6 Å². The predicted molar refractivity (Wildman–Crippen MR) is 110 cm³/mol. The summed E-state index contributed by atoms with van der Waals surface area (Å²) in [4.78, 5) is 42.1. The van der Waals surface area contributed by atoms with Gasteiger partial charge in [-0.1, -0.05) is 12.1 Å². The van der Waals surface area contributed by atoms with E-state index in [-0.39, 0.29) is 18.3 Å². The van der Waals surface area contributed by atoms with Crippen LogP contribution >= 0.6 is 0 Å². The van der Waals surface area contributed by atoms with Crippen LogP contribution in [0.4, 0.5) is 16.2 Å². The maximum absolute atomic E-state index is 12.9. The Labute approximate surface area is 169 Å². The van der Waals surface area contributed by atoms with E-state index in [0.29, 0.717) is 28.2 Å². The molecular weight excluding hydrogens is 372 g/mol. The molecular formula is C21H26N4O4. The minimum atomic E-state index is -0.462. The first kappa shape index (κ1) is 20.4. The van der Waals surface area contributed by atoms with Crippen LogP contribution in [0.15, 0.2) is 24.3 Å². The summed E-state index contributed by atoms with van der Waals surface area (Å²) >= 11 is 0. The molecule has 0 atom stereocenters. The number of esters is 1. The minimum Gasteiger partial charge on any atom is -0.462 e. The number of rotatable bonds is 5. The highest BCUT2D eigenvalue weighted by Gasteiger charge is 2.24. The van der Waals surface area contributed by atoms with Crippen molar-refractivity contribution in [1.29, 1.82) is 0 Å². The molecule has 8 nitrogen and oxygen atoms in total. The van der Waals surface area contributed by atoms with Crippen LogP contribution in [0.25, 0.3) is 0 Å². The van der Waals surface area contributed by atoms with Gasteiger partial charge in [-0.2, -0.15) is 0 Å². The van der Waals surface area contributed by atoms with E-state index in [1.54, 1.807) is 49.9 Å². The Morgan fingerprint density at radius 1 is 1.07 bits per heavy atom. The molecule has 1 saturated heterocycles. The standard InChI is InChI=1S/C21H26N4O4/c1-4-29-20(27)17-13(2)18(22-14(17)3)19(26)23-15-9-5-6-10-16(15)24-21(28)25-11-7-8-12-25/h5-6,9-10,22H,4,7-8,11-12H2,1-3H3,(H,23,26)(H,24,28). The number of para-hydroxylation sites is 2. The van der Waals surface area contributed by atoms with E-state index in [1.165, 1.54) is 0 Å². The maximum Gasteiger partial charge on any atom is 0.340 e. The number of nitrogens with one attached hydrogen (secondary N) is 3. The zero-order valence-electron chi connectivity index (χ0n) is 16.9. The first-order valence-corrected chi connectivity index (χ1v) is 9.75. The molecule has 0 radical (unpaired) electrons. The van der Waals surface area contributed by atoms with Crippen molar-refractivity contribution in [2.45, 2.75) is 33.6 Å². The first-order valence-electron chi connectivity index (χ1n) is 9.75. The van der Waals surface area contributed by atoms with Crippen LogP contribution in [0.3, 0.4) is 0 Å². The van der Waals surface area contributed by atoms with Crippen molar-refractivity contribution in [2.24, 2.45) is 0 Å². The highest BCUT2D eigenvalue weighted by molar-refractivity contribution is 6.09. The van der Waals surface area contributed by atoms with E-state index in [2.05, 4.69) is 15.6 Å². The second kappa shape index (κ2) is 8.81. The Morgan fingerprint density at radius 3 is 2.31 bits per heavy atom. The molecule has 0 saturated carbocycles. The molecule has 0 bridgehead atoms. The second-order valence-electron chi connectivity index (χ2n) is 6.97. The van der Waals surface area contributed by atoms with E-state index in [9.17, 15) is 14.4 Å². The number of urea groups is 1. The molecule has 154 valence electrons. The molecule has 29 heavy (non-hydrogen) atoms. The monoisotopic (exact) mass is 398 g/mol. The molecule has 3 amide bonds. The van der Waals surface area contributed by atoms with Crippen molar-refractivity contribution in [2.75, 3.05) is 30.3 Å². The van der Waals surface area contributed by atoms with Crippen LogP contribution in [0.2, 0.25) is 0 Å². The average molecular weight is 398 g/mol. The maximum atomic E-state index is 12.9. The number of hydrogen-bond acceptors (Lipinski definition) is 4. The molecule has 0 aliphatic carbocycles. The van der Waals surface area contributed by atoms with Gasteiger partial charge < -0.3 is 25.3 Å². The summed E-state index contributed by atoms with van der Waals surface area (Å²) in [6, 6.07) is 6.84. The van der Waals surface area contributed by atoms with Gasteiger partial charge in [0.05, 0.1) is 23.5 Å². The normalized spacial score (nSPS) is 13.3. The number of aromatic amines is 1. The number of ether oxygens (including phenoxy) is 1. The fourth-order valence-corrected chi connectivity index (χ4v) is 3.49. The third-order valence-electron chi connectivity index (χ3n) is 4.95. The van der Waals surface area contributed by atoms with Gasteiger partial charge in [-0.3, -0.25) is 4.79 Å². The predicted octanol–water partition coefficient (Wildman–Crippen LogP) is 3.69. The van der Waals surface area contributed by atoms with Gasteiger partial charge in [0.2, 0.25) is 0 Å². The Balaban J connectivity index is 1.79. The zero-order valence-corrected chi connectivity index (χ0v) is 16.9. The van der Waals surface area contributed by atoms with Gasteiger partial charge in [0, 0.05) is 18.8 Å². The number of benzene rings is 1. The van der Waals surface area contributed by atoms with Gasteiger partial charge in [0.25, 0.3) is 5.91 Å². The lowest BCUT2D eigenvalue weighted by Crippen LogP contribution is -2.32. The van der Waals surface area contributed by atoms with Crippen molar-refractivity contribution in [3.05, 3.63) is 46.8 Å². The summed E-state index contributed by atoms with van der Waals surface area (Å²) < 4.78 is 5.07. The van der Waals surface area contributed by atoms with Gasteiger partial charge in [0.15, 0.2) is 0 Å². The third kappa shape index (κ3) is 4.42. The number of hydrogen-bond donors (Lipinski definition) is 3. The van der Waals surface area contributed by atoms with Gasteiger partial charge in [-0.15, -0.1) is 0 Å². The lowest BCUT2D eigenvalue weighted by Gasteiger charge is -2.18. The average Bonchev–Trinajstić information content (AvgIpc) is 3.32. The number of amides is 3. The van der Waals surface area contributed by atoms with Crippen LogP contribution in [-0.4, -0.2) is 47.5 Å². The fraction of sp³-hybridized carbons (Fsp3) is 0.381. The van der Waals surface area contributed by atoms with Crippen LogP contribution in [-0.2, 0) is 4.74 Å². The lowest BCUT2D eigenvalue weighted by atomic mass is 10.1. The van der Waals surface area contributed by atoms with Crippen molar-refractivity contribution in [3.63, 3.8) is 0 Å². The molecule has 2 aromatic rings. The fourth-order valence-electron chi connectivity index (χ4n) is 3.49. The summed E-state index contributed by atoms with van der Waals surface area (Å²) in [6.07, 6.45) is 2.00. The number of aryl methyl sites for hydroxylation is 1. The number of likely N-dealkylation sites (tertiary alicyclic amines) is 1. The molecule has 1 aromatic carbocycles. The van der Waals surface area contributed by atoms with Crippen LogP contribution in [0, 0.1) is 13.8 Å². The van der Waals surface area contributed by atoms with Crippen molar-refractivity contribution in [1.82, 2.24) is 9.88 Å². The third-order valence-corrected chi connectivity index (χ3v) is 4.95. The van der Waals surface area contributed by atoms with Crippen LogP contribution in [0.5, 0.6) is 0 Å². The minimum absolute atomic E-state index is 0.180. The van der Waals surface area contributed by atoms with Crippen LogP contribution in [0.1, 0.15) is 51.9 Å². The van der Waals surface area contributed by atoms with Crippen molar-refractivity contribution < 1.29 is 19.1 Å². The largest absolute Gasteiger partial charge is 0.462 e. The lowest BCUT2D eigenvalue weighted by molar-refractivity contribution is 0.0525. The van der Waals surface area contributed by atoms with Gasteiger partial charge in [-0.05, 0) is 51.3 Å². The zero-order chi connectivity index (χ0) is 21.0. The highest BCUT2D eigenvalue weighted by Crippen LogP contribution is 2.25. The Kier molecular flexibility index (Phi) is 6.21. The van der Waals surface area contributed by atoms with Gasteiger partial charge in [0.1, 0.15) is 5.69 Å². The molecule has 1 aliphatic rings. The summed E-state index contributed by atoms with van der Waals surface area (Å²) in [7, 11) is 0. The Bertz CT molecular complexity index is 929. The number of nitrogens with zero attached hydrogens (tertiary/aromatic N) is 1. The SMILES string of the molecule is CCOC(=O)c1c(C)[nH]c(C(=O)Nc2ccccc2NC(=O)N2CCCC2)c1C. The van der Waals surface area contributed by atoms with E-state index in [0.717, 1.165) is 25.9 Å². The second-order valence-corrected chi connectivity index (χ2v) is 6.97. The van der Waals surface area contributed by atoms with E-state index in [4.69, 9.17) is 4.74 Å². The number of anilines is 2. The summed E-state index contributed by atoms with van der Waals surface area (Å²) in [5.74, 6) is -0.861. The van der Waals surface area contributed by atoms with Gasteiger partial charge >= 0.3 is 12.0 Å². The molecule has 0 spiro atoms. The molecule has 8 heteroatoms. The van der Waals surface area contributed by atoms with Gasteiger partial charge in [-0.25, -0.2) is 9.59 Å². The van der Waals surface area contributed by atoms with E-state index < -0.39 is 11.9 Å². The number of carbonyl (C=O) groups is 3. The molecule has 2 heterocycles. The quantitative estimate of drug-likeness (QED) is 0.668. The first-order chi connectivity index (χ1) is 13.9. The summed E-state index contributed by atoms with van der Waals surface area (Å²) in [5, 5.41) is 5.68. The number of aromatic nitrogens is 1. The number of H-pyrrole nitrogens is 1. The molecule has 0 unspecified atom stereocenters. The number of carbonyl (C=O) groups excluding carboxylic acids is 3. The van der Waals surface area contributed by atoms with E-state index in [1.807, 2.05) is 0 Å². The highest BCUT2D eigenvalue weighted by atomic mass is 16.5. The Hall–Kier alpha value is -3.29. The molecule has 1 aliphatic heterocycles. The van der Waals surface area contributed by atoms with Crippen molar-refractivity contribution in [3.8, 4) is 0 Å².